The van der Waals surface area contributed by atoms with Crippen LogP contribution in [0.5, 0.6) is 23.0 Å². The molecule has 0 fully saturated rings. The molecule has 0 atom stereocenters. The van der Waals surface area contributed by atoms with E-state index in [1.54, 1.807) is 11.3 Å². The average Bonchev–Trinajstić information content (AvgIpc) is 3.26. The summed E-state index contributed by atoms with van der Waals surface area (Å²) in [7, 11) is 0. The first-order valence-electron chi connectivity index (χ1n) is 9.03. The van der Waals surface area contributed by atoms with Crippen molar-refractivity contribution in [3.8, 4) is 43.9 Å². The SMILES string of the molecule is CC1(C)Oc2ccc(-c3ccc(-c4cc(I)c5c(c4)OC(C)(C)O5)s3)cc2O1. The number of hydrogen-bond donors (Lipinski definition) is 0. The lowest BCUT2D eigenvalue weighted by molar-refractivity contribution is -0.0439. The van der Waals surface area contributed by atoms with Gasteiger partial charge in [0.1, 0.15) is 0 Å². The van der Waals surface area contributed by atoms with Crippen molar-refractivity contribution in [2.24, 2.45) is 0 Å². The van der Waals surface area contributed by atoms with Gasteiger partial charge in [0.2, 0.25) is 11.6 Å². The van der Waals surface area contributed by atoms with E-state index in [0.29, 0.717) is 0 Å². The average molecular weight is 506 g/mol. The minimum absolute atomic E-state index is 0.613. The molecule has 0 unspecified atom stereocenters. The number of benzene rings is 2. The van der Waals surface area contributed by atoms with Gasteiger partial charge >= 0.3 is 0 Å². The Morgan fingerprint density at radius 2 is 1.29 bits per heavy atom. The lowest BCUT2D eigenvalue weighted by Crippen LogP contribution is -2.29. The summed E-state index contributed by atoms with van der Waals surface area (Å²) in [6, 6.07) is 14.6. The van der Waals surface area contributed by atoms with E-state index in [1.807, 2.05) is 39.8 Å². The molecule has 5 rings (SSSR count). The summed E-state index contributed by atoms with van der Waals surface area (Å²) in [4.78, 5) is 2.36. The molecule has 144 valence electrons. The first-order valence-corrected chi connectivity index (χ1v) is 10.9. The highest BCUT2D eigenvalue weighted by Gasteiger charge is 2.34. The van der Waals surface area contributed by atoms with E-state index in [4.69, 9.17) is 18.9 Å². The minimum atomic E-state index is -0.623. The Morgan fingerprint density at radius 1 is 0.679 bits per heavy atom. The minimum Gasteiger partial charge on any atom is -0.449 e. The van der Waals surface area contributed by atoms with Gasteiger partial charge in [0.15, 0.2) is 23.0 Å². The second-order valence-corrected chi connectivity index (χ2v) is 10.1. The molecule has 28 heavy (non-hydrogen) atoms. The molecule has 0 amide bonds. The quantitative estimate of drug-likeness (QED) is 0.363. The third kappa shape index (κ3) is 3.12. The van der Waals surface area contributed by atoms with Crippen LogP contribution in [0.2, 0.25) is 0 Å². The molecule has 3 aromatic rings. The van der Waals surface area contributed by atoms with E-state index in [9.17, 15) is 0 Å². The number of hydrogen-bond acceptors (Lipinski definition) is 5. The lowest BCUT2D eigenvalue weighted by atomic mass is 10.1. The second-order valence-electron chi connectivity index (χ2n) is 7.82. The van der Waals surface area contributed by atoms with E-state index in [1.165, 1.54) is 9.75 Å². The number of halogens is 1. The zero-order valence-electron chi connectivity index (χ0n) is 16.0. The summed E-state index contributed by atoms with van der Waals surface area (Å²) in [5, 5.41) is 0. The molecule has 3 heterocycles. The van der Waals surface area contributed by atoms with E-state index in [2.05, 4.69) is 52.9 Å². The molecular formula is C22H19IO4S. The zero-order chi connectivity index (χ0) is 19.7. The van der Waals surface area contributed by atoms with Crippen molar-refractivity contribution in [2.75, 3.05) is 0 Å². The van der Waals surface area contributed by atoms with Crippen LogP contribution >= 0.6 is 33.9 Å². The summed E-state index contributed by atoms with van der Waals surface area (Å²) >= 11 is 4.05. The molecule has 2 aromatic carbocycles. The fraction of sp³-hybridized carbons (Fsp3) is 0.273. The highest BCUT2D eigenvalue weighted by atomic mass is 127. The Bertz CT molecular complexity index is 1100. The van der Waals surface area contributed by atoms with Crippen LogP contribution in [-0.2, 0) is 0 Å². The molecular weight excluding hydrogens is 487 g/mol. The summed E-state index contributed by atoms with van der Waals surface area (Å²) in [6.07, 6.45) is 0. The zero-order valence-corrected chi connectivity index (χ0v) is 18.9. The smallest absolute Gasteiger partial charge is 0.246 e. The molecule has 0 saturated carbocycles. The maximum atomic E-state index is 5.95. The highest BCUT2D eigenvalue weighted by Crippen LogP contribution is 2.47. The van der Waals surface area contributed by atoms with Gasteiger partial charge in [-0.2, -0.15) is 0 Å². The van der Waals surface area contributed by atoms with Crippen molar-refractivity contribution in [3.05, 3.63) is 46.0 Å². The Labute approximate surface area is 181 Å². The van der Waals surface area contributed by atoms with E-state index in [-0.39, 0.29) is 0 Å². The number of thiophene rings is 1. The van der Waals surface area contributed by atoms with Crippen LogP contribution in [0.15, 0.2) is 42.5 Å². The predicted octanol–water partition coefficient (Wildman–Crippen LogP) is 6.70. The summed E-state index contributed by atoms with van der Waals surface area (Å²) < 4.78 is 24.6. The van der Waals surface area contributed by atoms with Gasteiger partial charge in [0, 0.05) is 37.4 Å². The summed E-state index contributed by atoms with van der Waals surface area (Å²) in [6.45, 7) is 7.68. The second kappa shape index (κ2) is 6.03. The molecule has 6 heteroatoms. The van der Waals surface area contributed by atoms with Crippen molar-refractivity contribution in [3.63, 3.8) is 0 Å². The standard InChI is InChI=1S/C22H19IO4S/c1-21(2)24-15-6-5-12(10-16(15)25-21)18-7-8-19(28-18)13-9-14(23)20-17(11-13)26-22(3,4)27-20/h5-11H,1-4H3. The Balaban J connectivity index is 1.48. The van der Waals surface area contributed by atoms with Crippen LogP contribution in [-0.4, -0.2) is 11.6 Å². The molecule has 1 aromatic heterocycles. The van der Waals surface area contributed by atoms with Crippen molar-refractivity contribution < 1.29 is 18.9 Å². The third-order valence-corrected chi connectivity index (χ3v) is 6.53. The predicted molar refractivity (Wildman–Crippen MR) is 119 cm³/mol. The monoisotopic (exact) mass is 506 g/mol. The summed E-state index contributed by atoms with van der Waals surface area (Å²) in [5.41, 5.74) is 2.25. The maximum Gasteiger partial charge on any atom is 0.246 e. The molecule has 0 saturated heterocycles. The molecule has 0 aliphatic carbocycles. The van der Waals surface area contributed by atoms with Crippen LogP contribution in [0.4, 0.5) is 0 Å². The summed E-state index contributed by atoms with van der Waals surface area (Å²) in [5.74, 6) is 1.97. The van der Waals surface area contributed by atoms with Gasteiger partial charge in [-0.05, 0) is 76.2 Å². The molecule has 0 radical (unpaired) electrons. The van der Waals surface area contributed by atoms with E-state index in [0.717, 1.165) is 37.7 Å². The molecule has 0 spiro atoms. The first kappa shape index (κ1) is 18.1. The van der Waals surface area contributed by atoms with Gasteiger partial charge in [0.25, 0.3) is 0 Å². The number of ether oxygens (including phenoxy) is 4. The Hall–Kier alpha value is -1.93. The fourth-order valence-electron chi connectivity index (χ4n) is 3.44. The Morgan fingerprint density at radius 3 is 2.07 bits per heavy atom. The van der Waals surface area contributed by atoms with Crippen LogP contribution in [0, 0.1) is 3.57 Å². The van der Waals surface area contributed by atoms with Crippen molar-refractivity contribution in [2.45, 2.75) is 39.3 Å². The third-order valence-electron chi connectivity index (χ3n) is 4.54. The van der Waals surface area contributed by atoms with Crippen molar-refractivity contribution in [1.29, 1.82) is 0 Å². The highest BCUT2D eigenvalue weighted by molar-refractivity contribution is 14.1. The number of fused-ring (bicyclic) bond motifs is 2. The van der Waals surface area contributed by atoms with E-state index >= 15 is 0 Å². The van der Waals surface area contributed by atoms with Gasteiger partial charge in [-0.3, -0.25) is 0 Å². The van der Waals surface area contributed by atoms with E-state index < -0.39 is 11.6 Å². The maximum absolute atomic E-state index is 5.95. The van der Waals surface area contributed by atoms with Crippen molar-refractivity contribution in [1.82, 2.24) is 0 Å². The molecule has 2 aliphatic rings. The van der Waals surface area contributed by atoms with Crippen LogP contribution < -0.4 is 18.9 Å². The first-order chi connectivity index (χ1) is 13.2. The van der Waals surface area contributed by atoms with Gasteiger partial charge in [-0.15, -0.1) is 11.3 Å². The molecule has 2 aliphatic heterocycles. The molecule has 0 N–H and O–H groups in total. The van der Waals surface area contributed by atoms with Crippen LogP contribution in [0.3, 0.4) is 0 Å². The van der Waals surface area contributed by atoms with Gasteiger partial charge < -0.3 is 18.9 Å². The van der Waals surface area contributed by atoms with Crippen molar-refractivity contribution >= 4 is 33.9 Å². The largest absolute Gasteiger partial charge is 0.449 e. The Kier molecular flexibility index (Phi) is 3.90. The van der Waals surface area contributed by atoms with Crippen LogP contribution in [0.25, 0.3) is 20.9 Å². The molecule has 4 nitrogen and oxygen atoms in total. The number of rotatable bonds is 2. The molecule has 0 bridgehead atoms. The van der Waals surface area contributed by atoms with Gasteiger partial charge in [-0.25, -0.2) is 0 Å². The lowest BCUT2D eigenvalue weighted by Gasteiger charge is -2.16. The van der Waals surface area contributed by atoms with Gasteiger partial charge in [-0.1, -0.05) is 0 Å². The normalized spacial score (nSPS) is 17.8. The van der Waals surface area contributed by atoms with Crippen LogP contribution in [0.1, 0.15) is 27.7 Å². The topological polar surface area (TPSA) is 36.9 Å². The van der Waals surface area contributed by atoms with Gasteiger partial charge in [0.05, 0.1) is 3.57 Å². The fourth-order valence-corrected chi connectivity index (χ4v) is 5.14.